The smallest absolute Gasteiger partial charge is 0.188 e. The number of thiazole rings is 1. The molecule has 9 heteroatoms. The van der Waals surface area contributed by atoms with Gasteiger partial charge in [-0.1, -0.05) is 23.6 Å². The third-order valence-corrected chi connectivity index (χ3v) is 6.30. The molecule has 2 aliphatic heterocycles. The number of nitrogens with one attached hydrogen (secondary N) is 1. The first kappa shape index (κ1) is 19.4. The minimum Gasteiger partial charge on any atom is -0.497 e. The van der Waals surface area contributed by atoms with Crippen LogP contribution in [0.15, 0.2) is 24.3 Å². The number of hydrogen-bond donors (Lipinski definition) is 1. The highest BCUT2D eigenvalue weighted by molar-refractivity contribution is 7.81. The van der Waals surface area contributed by atoms with Crippen molar-refractivity contribution in [3.63, 3.8) is 0 Å². The molecule has 2 aliphatic rings. The molecule has 1 aromatic heterocycles. The van der Waals surface area contributed by atoms with E-state index in [1.54, 1.807) is 18.4 Å². The molecular weight excluding hydrogens is 396 g/mol. The summed E-state index contributed by atoms with van der Waals surface area (Å²) in [6.45, 7) is 6.24. The van der Waals surface area contributed by atoms with E-state index in [1.165, 1.54) is 0 Å². The van der Waals surface area contributed by atoms with E-state index in [2.05, 4.69) is 15.1 Å². The fraction of sp³-hybridized carbons (Fsp3) is 0.474. The van der Waals surface area contributed by atoms with Crippen LogP contribution >= 0.6 is 23.6 Å². The van der Waals surface area contributed by atoms with Crippen molar-refractivity contribution in [1.29, 1.82) is 0 Å². The Hall–Kier alpha value is -1.94. The molecule has 0 spiro atoms. The van der Waals surface area contributed by atoms with Crippen LogP contribution in [0.1, 0.15) is 4.88 Å². The van der Waals surface area contributed by atoms with Crippen LogP contribution in [0.25, 0.3) is 0 Å². The van der Waals surface area contributed by atoms with Crippen LogP contribution in [0.4, 0.5) is 16.6 Å². The molecule has 28 heavy (non-hydrogen) atoms. The monoisotopic (exact) mass is 420 g/mol. The average Bonchev–Trinajstić information content (AvgIpc) is 3.21. The van der Waals surface area contributed by atoms with Crippen LogP contribution < -0.4 is 19.9 Å². The van der Waals surface area contributed by atoms with Crippen LogP contribution in [0.2, 0.25) is 0 Å². The predicted octanol–water partition coefficient (Wildman–Crippen LogP) is 2.61. The Balaban J connectivity index is 1.58. The van der Waals surface area contributed by atoms with E-state index in [4.69, 9.17) is 31.4 Å². The maximum absolute atomic E-state index is 5.76. The number of thiocarbonyl (C=S) groups is 1. The third kappa shape index (κ3) is 4.38. The predicted molar refractivity (Wildman–Crippen MR) is 116 cm³/mol. The van der Waals surface area contributed by atoms with E-state index in [0.717, 1.165) is 66.7 Å². The molecule has 1 N–H and O–H groups in total. The molecule has 0 bridgehead atoms. The minimum atomic E-state index is 0.684. The van der Waals surface area contributed by atoms with E-state index >= 15 is 0 Å². The lowest BCUT2D eigenvalue weighted by atomic mass is 10.3. The second kappa shape index (κ2) is 9.04. The van der Waals surface area contributed by atoms with E-state index < -0.39 is 0 Å². The van der Waals surface area contributed by atoms with Gasteiger partial charge in [0.15, 0.2) is 10.9 Å². The number of hydrogen-bond acceptors (Lipinski definition) is 8. The Kier molecular flexibility index (Phi) is 6.26. The summed E-state index contributed by atoms with van der Waals surface area (Å²) in [6, 6.07) is 7.76. The standard InChI is InChI=1S/C19H24N4O3S2/c1-24-15-4-2-14(3-5-15)20-18(27)16-17(22-6-10-25-11-7-22)21-19(28-16)23-8-12-26-13-9-23/h2-5H,6-13H2,1H3,(H,20,27). The zero-order valence-corrected chi connectivity index (χ0v) is 17.5. The normalized spacial score (nSPS) is 17.5. The van der Waals surface area contributed by atoms with Crippen molar-refractivity contribution in [2.24, 2.45) is 0 Å². The van der Waals surface area contributed by atoms with Gasteiger partial charge in [-0.05, 0) is 24.3 Å². The molecule has 2 saturated heterocycles. The Morgan fingerprint density at radius 3 is 2.25 bits per heavy atom. The molecule has 150 valence electrons. The molecular formula is C19H24N4O3S2. The number of anilines is 3. The van der Waals surface area contributed by atoms with Gasteiger partial charge in [0.05, 0.1) is 33.5 Å². The van der Waals surface area contributed by atoms with E-state index in [0.29, 0.717) is 18.2 Å². The van der Waals surface area contributed by atoms with Gasteiger partial charge in [0.25, 0.3) is 0 Å². The zero-order valence-electron chi connectivity index (χ0n) is 15.8. The molecule has 0 radical (unpaired) electrons. The van der Waals surface area contributed by atoms with Crippen LogP contribution in [0.3, 0.4) is 0 Å². The lowest BCUT2D eigenvalue weighted by Gasteiger charge is -2.28. The third-order valence-electron chi connectivity index (χ3n) is 4.74. The zero-order chi connectivity index (χ0) is 19.3. The molecule has 2 aromatic rings. The number of methoxy groups -OCH3 is 1. The van der Waals surface area contributed by atoms with Gasteiger partial charge in [-0.3, -0.25) is 0 Å². The quantitative estimate of drug-likeness (QED) is 0.741. The van der Waals surface area contributed by atoms with Gasteiger partial charge in [0.1, 0.15) is 15.6 Å². The van der Waals surface area contributed by atoms with Gasteiger partial charge < -0.3 is 29.3 Å². The Labute approximate surface area is 174 Å². The maximum atomic E-state index is 5.76. The number of nitrogens with zero attached hydrogens (tertiary/aromatic N) is 3. The molecule has 2 fully saturated rings. The van der Waals surface area contributed by atoms with E-state index in [-0.39, 0.29) is 0 Å². The Morgan fingerprint density at radius 1 is 1.04 bits per heavy atom. The Bertz CT molecular complexity index is 800. The van der Waals surface area contributed by atoms with Gasteiger partial charge in [0.2, 0.25) is 0 Å². The highest BCUT2D eigenvalue weighted by Crippen LogP contribution is 2.34. The molecule has 7 nitrogen and oxygen atoms in total. The minimum absolute atomic E-state index is 0.684. The fourth-order valence-corrected chi connectivity index (χ4v) is 4.56. The van der Waals surface area contributed by atoms with Crippen molar-refractivity contribution >= 4 is 45.2 Å². The molecule has 1 aromatic carbocycles. The summed E-state index contributed by atoms with van der Waals surface area (Å²) in [4.78, 5) is 11.2. The van der Waals surface area contributed by atoms with Gasteiger partial charge in [0, 0.05) is 31.9 Å². The van der Waals surface area contributed by atoms with Crippen molar-refractivity contribution in [2.45, 2.75) is 0 Å². The highest BCUT2D eigenvalue weighted by atomic mass is 32.1. The number of aromatic nitrogens is 1. The topological polar surface area (TPSA) is 59.1 Å². The lowest BCUT2D eigenvalue weighted by Crippen LogP contribution is -2.38. The molecule has 0 unspecified atom stereocenters. The number of benzene rings is 1. The molecule has 4 rings (SSSR count). The van der Waals surface area contributed by atoms with Gasteiger partial charge >= 0.3 is 0 Å². The summed E-state index contributed by atoms with van der Waals surface area (Å²) < 4.78 is 16.2. The van der Waals surface area contributed by atoms with Crippen molar-refractivity contribution in [2.75, 3.05) is 74.8 Å². The number of morpholine rings is 2. The van der Waals surface area contributed by atoms with Crippen molar-refractivity contribution < 1.29 is 14.2 Å². The number of rotatable bonds is 5. The Morgan fingerprint density at radius 2 is 1.64 bits per heavy atom. The summed E-state index contributed by atoms with van der Waals surface area (Å²) in [5.74, 6) is 1.76. The van der Waals surface area contributed by atoms with Crippen LogP contribution in [0.5, 0.6) is 5.75 Å². The first-order valence-corrected chi connectivity index (χ1v) is 10.6. The van der Waals surface area contributed by atoms with Gasteiger partial charge in [-0.2, -0.15) is 0 Å². The lowest BCUT2D eigenvalue weighted by molar-refractivity contribution is 0.122. The molecule has 0 atom stereocenters. The maximum Gasteiger partial charge on any atom is 0.188 e. The summed E-state index contributed by atoms with van der Waals surface area (Å²) in [5, 5.41) is 4.35. The van der Waals surface area contributed by atoms with E-state index in [9.17, 15) is 0 Å². The summed E-state index contributed by atoms with van der Waals surface area (Å²) in [5.41, 5.74) is 0.931. The largest absolute Gasteiger partial charge is 0.497 e. The molecule has 0 saturated carbocycles. The summed E-state index contributed by atoms with van der Waals surface area (Å²) >= 11 is 7.41. The summed E-state index contributed by atoms with van der Waals surface area (Å²) in [6.07, 6.45) is 0. The second-order valence-electron chi connectivity index (χ2n) is 6.53. The van der Waals surface area contributed by atoms with Crippen molar-refractivity contribution in [3.05, 3.63) is 29.1 Å². The van der Waals surface area contributed by atoms with Crippen LogP contribution in [-0.2, 0) is 9.47 Å². The van der Waals surface area contributed by atoms with Crippen molar-refractivity contribution in [3.8, 4) is 5.75 Å². The van der Waals surface area contributed by atoms with Gasteiger partial charge in [-0.25, -0.2) is 4.98 Å². The first-order valence-electron chi connectivity index (χ1n) is 9.36. The van der Waals surface area contributed by atoms with Crippen LogP contribution in [-0.4, -0.2) is 69.7 Å². The highest BCUT2D eigenvalue weighted by Gasteiger charge is 2.25. The fourth-order valence-electron chi connectivity index (χ4n) is 3.19. The molecule has 3 heterocycles. The number of ether oxygens (including phenoxy) is 3. The van der Waals surface area contributed by atoms with Crippen molar-refractivity contribution in [1.82, 2.24) is 4.98 Å². The van der Waals surface area contributed by atoms with E-state index in [1.807, 2.05) is 24.3 Å². The second-order valence-corrected chi connectivity index (χ2v) is 7.92. The molecule has 0 amide bonds. The first-order chi connectivity index (χ1) is 13.7. The molecule has 0 aliphatic carbocycles. The van der Waals surface area contributed by atoms with Crippen LogP contribution in [0, 0.1) is 0 Å². The van der Waals surface area contributed by atoms with Gasteiger partial charge in [-0.15, -0.1) is 0 Å². The SMILES string of the molecule is COc1ccc(NC(=S)c2sc(N3CCOCC3)nc2N2CCOCC2)cc1. The summed E-state index contributed by atoms with van der Waals surface area (Å²) in [7, 11) is 1.66. The average molecular weight is 421 g/mol.